The Kier molecular flexibility index (Phi) is 8.99. The summed E-state index contributed by atoms with van der Waals surface area (Å²) in [5, 5.41) is 6.99. The van der Waals surface area contributed by atoms with Gasteiger partial charge in [0, 0.05) is 70.6 Å². The summed E-state index contributed by atoms with van der Waals surface area (Å²) in [6.45, 7) is 17.8. The highest BCUT2D eigenvalue weighted by Crippen LogP contribution is 2.18. The normalized spacial score (nSPS) is 19.5. The molecular formula is C24H42N6O. The molecule has 1 aromatic rings. The molecule has 2 saturated heterocycles. The van der Waals surface area contributed by atoms with Crippen molar-refractivity contribution in [2.45, 2.75) is 32.7 Å². The second-order valence-electron chi connectivity index (χ2n) is 9.29. The third-order valence-corrected chi connectivity index (χ3v) is 6.46. The summed E-state index contributed by atoms with van der Waals surface area (Å²) in [6.07, 6.45) is 1.12. The van der Waals surface area contributed by atoms with E-state index < -0.39 is 0 Å². The number of rotatable bonds is 8. The topological polar surface area (TPSA) is 55.4 Å². The lowest BCUT2D eigenvalue weighted by Crippen LogP contribution is -2.56. The van der Waals surface area contributed by atoms with Crippen LogP contribution in [0, 0.1) is 6.92 Å². The van der Waals surface area contributed by atoms with Gasteiger partial charge in [-0.1, -0.05) is 12.1 Å². The molecule has 2 N–H and O–H groups in total. The van der Waals surface area contributed by atoms with Crippen LogP contribution in [0.25, 0.3) is 0 Å². The van der Waals surface area contributed by atoms with Gasteiger partial charge in [-0.3, -0.25) is 14.8 Å². The molecule has 2 aliphatic rings. The standard InChI is InChI=1S/C24H42N6O/c1-21-7-5-8-22(19-21)29-13-11-28(12-14-29)10-6-9-26-23(25-4)27-20-24(2,3)30-15-17-31-18-16-30/h5,7-8,19H,6,9-18,20H2,1-4H3,(H2,25,26,27). The van der Waals surface area contributed by atoms with Crippen molar-refractivity contribution in [1.29, 1.82) is 0 Å². The second kappa shape index (κ2) is 11.7. The average molecular weight is 431 g/mol. The van der Waals surface area contributed by atoms with Crippen LogP contribution in [-0.4, -0.2) is 100 Å². The van der Waals surface area contributed by atoms with E-state index in [4.69, 9.17) is 4.74 Å². The summed E-state index contributed by atoms with van der Waals surface area (Å²) in [4.78, 5) is 12.0. The van der Waals surface area contributed by atoms with E-state index >= 15 is 0 Å². The summed E-state index contributed by atoms with van der Waals surface area (Å²) in [6, 6.07) is 8.84. The number of ether oxygens (including phenoxy) is 1. The van der Waals surface area contributed by atoms with E-state index in [1.54, 1.807) is 0 Å². The van der Waals surface area contributed by atoms with Gasteiger partial charge in [-0.2, -0.15) is 0 Å². The van der Waals surface area contributed by atoms with Crippen molar-refractivity contribution in [2.75, 3.05) is 84.1 Å². The number of guanidine groups is 1. The van der Waals surface area contributed by atoms with Crippen LogP contribution >= 0.6 is 0 Å². The molecule has 0 saturated carbocycles. The molecule has 2 aliphatic heterocycles. The number of nitrogens with one attached hydrogen (secondary N) is 2. The van der Waals surface area contributed by atoms with Gasteiger partial charge < -0.3 is 20.3 Å². The van der Waals surface area contributed by atoms with Crippen molar-refractivity contribution >= 4 is 11.6 Å². The van der Waals surface area contributed by atoms with E-state index in [1.165, 1.54) is 11.3 Å². The maximum atomic E-state index is 5.49. The van der Waals surface area contributed by atoms with Gasteiger partial charge in [0.05, 0.1) is 13.2 Å². The Morgan fingerprint density at radius 2 is 1.81 bits per heavy atom. The predicted octanol–water partition coefficient (Wildman–Crippen LogP) is 1.78. The predicted molar refractivity (Wildman–Crippen MR) is 130 cm³/mol. The molecule has 0 atom stereocenters. The SMILES string of the molecule is CN=C(NCCCN1CCN(c2cccc(C)c2)CC1)NCC(C)(C)N1CCOCC1. The highest BCUT2D eigenvalue weighted by atomic mass is 16.5. The van der Waals surface area contributed by atoms with Crippen LogP contribution in [0.1, 0.15) is 25.8 Å². The van der Waals surface area contributed by atoms with Crippen LogP contribution in [0.5, 0.6) is 0 Å². The molecule has 0 spiro atoms. The molecule has 0 aliphatic carbocycles. The molecule has 2 fully saturated rings. The summed E-state index contributed by atoms with van der Waals surface area (Å²) in [5.41, 5.74) is 2.77. The van der Waals surface area contributed by atoms with Gasteiger partial charge in [0.2, 0.25) is 0 Å². The first-order valence-corrected chi connectivity index (χ1v) is 11.8. The zero-order chi connectivity index (χ0) is 22.1. The minimum Gasteiger partial charge on any atom is -0.379 e. The van der Waals surface area contributed by atoms with Crippen LogP contribution in [0.2, 0.25) is 0 Å². The Hall–Kier alpha value is -1.83. The number of piperazine rings is 1. The fourth-order valence-electron chi connectivity index (χ4n) is 4.36. The van der Waals surface area contributed by atoms with E-state index in [-0.39, 0.29) is 5.54 Å². The Morgan fingerprint density at radius 3 is 2.48 bits per heavy atom. The Balaban J connectivity index is 1.31. The Labute approximate surface area is 188 Å². The molecule has 0 bridgehead atoms. The second-order valence-corrected chi connectivity index (χ2v) is 9.29. The van der Waals surface area contributed by atoms with Crippen molar-refractivity contribution in [1.82, 2.24) is 20.4 Å². The first-order chi connectivity index (χ1) is 15.0. The van der Waals surface area contributed by atoms with Crippen molar-refractivity contribution in [3.05, 3.63) is 29.8 Å². The lowest BCUT2D eigenvalue weighted by Gasteiger charge is -2.41. The quantitative estimate of drug-likeness (QED) is 0.373. The van der Waals surface area contributed by atoms with E-state index in [2.05, 4.69) is 75.4 Å². The highest BCUT2D eigenvalue weighted by molar-refractivity contribution is 5.79. The minimum atomic E-state index is 0.0817. The van der Waals surface area contributed by atoms with Crippen LogP contribution in [-0.2, 0) is 4.74 Å². The number of anilines is 1. The summed E-state index contributed by atoms with van der Waals surface area (Å²) in [7, 11) is 1.85. The van der Waals surface area contributed by atoms with Gasteiger partial charge >= 0.3 is 0 Å². The summed E-state index contributed by atoms with van der Waals surface area (Å²) >= 11 is 0. The van der Waals surface area contributed by atoms with Gasteiger partial charge in [0.1, 0.15) is 0 Å². The van der Waals surface area contributed by atoms with Gasteiger partial charge in [-0.15, -0.1) is 0 Å². The molecule has 1 aromatic carbocycles. The average Bonchev–Trinajstić information content (AvgIpc) is 2.79. The zero-order valence-electron chi connectivity index (χ0n) is 20.0. The molecule has 174 valence electrons. The smallest absolute Gasteiger partial charge is 0.191 e. The van der Waals surface area contributed by atoms with E-state index in [0.717, 1.165) is 84.5 Å². The molecule has 0 unspecified atom stereocenters. The highest BCUT2D eigenvalue weighted by Gasteiger charge is 2.28. The fraction of sp³-hybridized carbons (Fsp3) is 0.708. The first kappa shape index (κ1) is 23.8. The van der Waals surface area contributed by atoms with Crippen LogP contribution in [0.3, 0.4) is 0 Å². The van der Waals surface area contributed by atoms with Gasteiger partial charge in [-0.05, 0) is 51.4 Å². The number of hydrogen-bond acceptors (Lipinski definition) is 5. The van der Waals surface area contributed by atoms with Gasteiger partial charge in [0.15, 0.2) is 5.96 Å². The van der Waals surface area contributed by atoms with E-state index in [0.29, 0.717) is 0 Å². The number of benzene rings is 1. The molecular weight excluding hydrogens is 388 g/mol. The van der Waals surface area contributed by atoms with Crippen molar-refractivity contribution < 1.29 is 4.74 Å². The van der Waals surface area contributed by atoms with Gasteiger partial charge in [0.25, 0.3) is 0 Å². The number of hydrogen-bond donors (Lipinski definition) is 2. The number of aliphatic imine (C=N–C) groups is 1. The molecule has 0 radical (unpaired) electrons. The maximum Gasteiger partial charge on any atom is 0.191 e. The molecule has 7 heteroatoms. The Bertz CT molecular complexity index is 693. The largest absolute Gasteiger partial charge is 0.379 e. The van der Waals surface area contributed by atoms with Crippen molar-refractivity contribution in [2.24, 2.45) is 4.99 Å². The molecule has 0 amide bonds. The summed E-state index contributed by atoms with van der Waals surface area (Å²) in [5.74, 6) is 0.894. The molecule has 31 heavy (non-hydrogen) atoms. The third kappa shape index (κ3) is 7.37. The van der Waals surface area contributed by atoms with Crippen molar-refractivity contribution in [3.63, 3.8) is 0 Å². The van der Waals surface area contributed by atoms with Crippen molar-refractivity contribution in [3.8, 4) is 0 Å². The first-order valence-electron chi connectivity index (χ1n) is 11.8. The zero-order valence-corrected chi connectivity index (χ0v) is 20.0. The molecule has 7 nitrogen and oxygen atoms in total. The maximum absolute atomic E-state index is 5.49. The number of morpholine rings is 1. The van der Waals surface area contributed by atoms with Crippen LogP contribution < -0.4 is 15.5 Å². The third-order valence-electron chi connectivity index (χ3n) is 6.46. The lowest BCUT2D eigenvalue weighted by atomic mass is 10.0. The molecule has 3 rings (SSSR count). The Morgan fingerprint density at radius 1 is 1.06 bits per heavy atom. The monoisotopic (exact) mass is 430 g/mol. The number of aryl methyl sites for hydroxylation is 1. The van der Waals surface area contributed by atoms with E-state index in [9.17, 15) is 0 Å². The van der Waals surface area contributed by atoms with Crippen LogP contribution in [0.15, 0.2) is 29.3 Å². The molecule has 2 heterocycles. The van der Waals surface area contributed by atoms with Crippen LogP contribution in [0.4, 0.5) is 5.69 Å². The fourth-order valence-corrected chi connectivity index (χ4v) is 4.36. The minimum absolute atomic E-state index is 0.0817. The summed E-state index contributed by atoms with van der Waals surface area (Å²) < 4.78 is 5.49. The van der Waals surface area contributed by atoms with Gasteiger partial charge in [-0.25, -0.2) is 0 Å². The molecule has 0 aromatic heterocycles. The number of nitrogens with zero attached hydrogens (tertiary/aromatic N) is 4. The lowest BCUT2D eigenvalue weighted by molar-refractivity contribution is -0.00833. The van der Waals surface area contributed by atoms with E-state index in [1.807, 2.05) is 7.05 Å².